The van der Waals surface area contributed by atoms with Gasteiger partial charge in [0.2, 0.25) is 10.0 Å². The summed E-state index contributed by atoms with van der Waals surface area (Å²) in [5, 5.41) is 4.88. The molecule has 1 unspecified atom stereocenters. The highest BCUT2D eigenvalue weighted by Gasteiger charge is 2.42. The molecule has 2 bridgehead atoms. The molecule has 1 aromatic carbocycles. The summed E-state index contributed by atoms with van der Waals surface area (Å²) in [7, 11) is -1.35. The number of benzene rings is 1. The van der Waals surface area contributed by atoms with Gasteiger partial charge in [0.15, 0.2) is 0 Å². The Balaban J connectivity index is 1.25. The highest BCUT2D eigenvalue weighted by molar-refractivity contribution is 7.89. The second-order valence-corrected chi connectivity index (χ2v) is 11.1. The molecule has 4 fully saturated rings. The number of rotatable bonds is 6. The fraction of sp³-hybridized carbons (Fsp3) is 0.609. The molecule has 4 heterocycles. The van der Waals surface area contributed by atoms with E-state index in [1.165, 1.54) is 43.5 Å². The molecule has 0 spiro atoms. The highest BCUT2D eigenvalue weighted by Crippen LogP contribution is 2.43. The van der Waals surface area contributed by atoms with Crippen molar-refractivity contribution in [2.75, 3.05) is 19.6 Å². The third-order valence-electron chi connectivity index (χ3n) is 7.53. The van der Waals surface area contributed by atoms with Gasteiger partial charge in [-0.2, -0.15) is 5.10 Å². The largest absolute Gasteiger partial charge is 0.298 e. The van der Waals surface area contributed by atoms with Crippen LogP contribution in [0, 0.1) is 5.92 Å². The molecule has 6 rings (SSSR count). The number of sulfonamides is 1. The number of aromatic nitrogens is 2. The first-order valence-electron chi connectivity index (χ1n) is 11.3. The van der Waals surface area contributed by atoms with Crippen LogP contribution in [0.4, 0.5) is 0 Å². The first-order chi connectivity index (χ1) is 14.5. The van der Waals surface area contributed by atoms with Gasteiger partial charge in [0.05, 0.1) is 10.6 Å². The van der Waals surface area contributed by atoms with Crippen molar-refractivity contribution in [2.45, 2.75) is 61.3 Å². The average Bonchev–Trinajstić information content (AvgIpc) is 3.43. The van der Waals surface area contributed by atoms with E-state index in [1.807, 2.05) is 6.07 Å². The number of fused-ring (bicyclic) bond motifs is 3. The van der Waals surface area contributed by atoms with Crippen molar-refractivity contribution in [3.63, 3.8) is 0 Å². The Morgan fingerprint density at radius 1 is 1.13 bits per heavy atom. The second kappa shape index (κ2) is 8.09. The lowest BCUT2D eigenvalue weighted by Crippen LogP contribution is -2.56. The standard InChI is InChI=1S/C23H32N4O2S/c1-26-23(14-22(25-26)17-7-5-6-8-17)21-16-27-12-11-18(21)13-19(27)15-24-30(28,29)20-9-3-2-4-10-20/h2-4,9-10,14,17-19,21,24H,5-8,11-13,15-16H2,1H3/t18-,19+,21+/m0/s1. The van der Waals surface area contributed by atoms with Gasteiger partial charge in [0.25, 0.3) is 0 Å². The zero-order chi connectivity index (χ0) is 20.7. The lowest BCUT2D eigenvalue weighted by Gasteiger charge is -2.50. The van der Waals surface area contributed by atoms with Crippen molar-refractivity contribution >= 4 is 10.0 Å². The van der Waals surface area contributed by atoms with E-state index >= 15 is 0 Å². The van der Waals surface area contributed by atoms with Gasteiger partial charge in [-0.25, -0.2) is 13.1 Å². The zero-order valence-corrected chi connectivity index (χ0v) is 18.5. The van der Waals surface area contributed by atoms with E-state index in [0.717, 1.165) is 19.5 Å². The van der Waals surface area contributed by atoms with Crippen molar-refractivity contribution in [3.05, 3.63) is 47.8 Å². The minimum Gasteiger partial charge on any atom is -0.298 e. The molecule has 6 nitrogen and oxygen atoms in total. The highest BCUT2D eigenvalue weighted by atomic mass is 32.2. The third kappa shape index (κ3) is 3.83. The molecule has 1 saturated carbocycles. The van der Waals surface area contributed by atoms with Gasteiger partial charge in [-0.1, -0.05) is 31.0 Å². The predicted octanol–water partition coefficient (Wildman–Crippen LogP) is 3.23. The maximum atomic E-state index is 12.6. The number of nitrogens with zero attached hydrogens (tertiary/aromatic N) is 3. The van der Waals surface area contributed by atoms with Crippen LogP contribution in [0.3, 0.4) is 0 Å². The second-order valence-electron chi connectivity index (χ2n) is 9.30. The molecular formula is C23H32N4O2S. The van der Waals surface area contributed by atoms with Crippen LogP contribution in [-0.2, 0) is 17.1 Å². The number of nitrogens with one attached hydrogen (secondary N) is 1. The summed E-state index contributed by atoms with van der Waals surface area (Å²) in [5.41, 5.74) is 2.66. The summed E-state index contributed by atoms with van der Waals surface area (Å²) < 4.78 is 30.2. The molecule has 4 aliphatic rings. The van der Waals surface area contributed by atoms with Crippen molar-refractivity contribution in [1.82, 2.24) is 19.4 Å². The summed E-state index contributed by atoms with van der Waals surface area (Å²) >= 11 is 0. The van der Waals surface area contributed by atoms with Crippen LogP contribution in [0.25, 0.3) is 0 Å². The van der Waals surface area contributed by atoms with Crippen LogP contribution in [-0.4, -0.2) is 48.8 Å². The Morgan fingerprint density at radius 2 is 1.90 bits per heavy atom. The maximum absolute atomic E-state index is 12.6. The van der Waals surface area contributed by atoms with Crippen LogP contribution < -0.4 is 4.72 Å². The minimum atomic E-state index is -3.45. The van der Waals surface area contributed by atoms with Crippen LogP contribution in [0.2, 0.25) is 0 Å². The zero-order valence-electron chi connectivity index (χ0n) is 17.7. The van der Waals surface area contributed by atoms with Gasteiger partial charge in [0.1, 0.15) is 0 Å². The summed E-state index contributed by atoms with van der Waals surface area (Å²) in [5.74, 6) is 1.76. The summed E-state index contributed by atoms with van der Waals surface area (Å²) in [6.45, 7) is 2.55. The lowest BCUT2D eigenvalue weighted by molar-refractivity contribution is 0.0306. The van der Waals surface area contributed by atoms with E-state index in [9.17, 15) is 8.42 Å². The Labute approximate surface area is 179 Å². The van der Waals surface area contributed by atoms with Gasteiger partial charge < -0.3 is 0 Å². The van der Waals surface area contributed by atoms with Gasteiger partial charge in [0, 0.05) is 43.7 Å². The smallest absolute Gasteiger partial charge is 0.240 e. The molecule has 7 heteroatoms. The Morgan fingerprint density at radius 3 is 2.60 bits per heavy atom. The van der Waals surface area contributed by atoms with Gasteiger partial charge >= 0.3 is 0 Å². The first kappa shape index (κ1) is 20.2. The normalized spacial score (nSPS) is 29.5. The molecule has 3 aliphatic heterocycles. The van der Waals surface area contributed by atoms with E-state index in [0.29, 0.717) is 29.2 Å². The molecule has 3 saturated heterocycles. The van der Waals surface area contributed by atoms with Gasteiger partial charge in [-0.3, -0.25) is 9.58 Å². The fourth-order valence-electron chi connectivity index (χ4n) is 5.85. The Kier molecular flexibility index (Phi) is 5.45. The van der Waals surface area contributed by atoms with E-state index in [1.54, 1.807) is 24.3 Å². The quantitative estimate of drug-likeness (QED) is 0.767. The summed E-state index contributed by atoms with van der Waals surface area (Å²) in [6.07, 6.45) is 7.46. The van der Waals surface area contributed by atoms with Crippen molar-refractivity contribution in [2.24, 2.45) is 13.0 Å². The van der Waals surface area contributed by atoms with Crippen molar-refractivity contribution in [3.8, 4) is 0 Å². The predicted molar refractivity (Wildman–Crippen MR) is 117 cm³/mol. The number of hydrogen-bond donors (Lipinski definition) is 1. The number of hydrogen-bond acceptors (Lipinski definition) is 4. The number of aryl methyl sites for hydroxylation is 1. The van der Waals surface area contributed by atoms with Gasteiger partial charge in [-0.15, -0.1) is 0 Å². The molecule has 4 atom stereocenters. The van der Waals surface area contributed by atoms with E-state index < -0.39 is 10.0 Å². The third-order valence-corrected chi connectivity index (χ3v) is 8.97. The summed E-state index contributed by atoms with van der Waals surface area (Å²) in [4.78, 5) is 2.83. The monoisotopic (exact) mass is 428 g/mol. The Bertz CT molecular complexity index is 982. The maximum Gasteiger partial charge on any atom is 0.240 e. The van der Waals surface area contributed by atoms with Crippen LogP contribution in [0.5, 0.6) is 0 Å². The van der Waals surface area contributed by atoms with Crippen LogP contribution >= 0.6 is 0 Å². The van der Waals surface area contributed by atoms with Crippen molar-refractivity contribution < 1.29 is 8.42 Å². The molecule has 30 heavy (non-hydrogen) atoms. The van der Waals surface area contributed by atoms with E-state index in [-0.39, 0.29) is 6.04 Å². The first-order valence-corrected chi connectivity index (χ1v) is 12.8. The van der Waals surface area contributed by atoms with Crippen LogP contribution in [0.15, 0.2) is 41.3 Å². The topological polar surface area (TPSA) is 67.2 Å². The van der Waals surface area contributed by atoms with Crippen LogP contribution in [0.1, 0.15) is 61.7 Å². The molecule has 1 aromatic heterocycles. The van der Waals surface area contributed by atoms with Crippen molar-refractivity contribution in [1.29, 1.82) is 0 Å². The molecule has 0 amide bonds. The average molecular weight is 429 g/mol. The SMILES string of the molecule is Cn1nc(C2CCCC2)cc1[C@@H]1CN2CC[C@H]1C[C@@H]2CNS(=O)(=O)c1ccccc1. The number of piperidine rings is 3. The molecule has 1 aliphatic carbocycles. The van der Waals surface area contributed by atoms with Gasteiger partial charge in [-0.05, 0) is 56.3 Å². The lowest BCUT2D eigenvalue weighted by atomic mass is 9.74. The van der Waals surface area contributed by atoms with E-state index in [4.69, 9.17) is 5.10 Å². The molecule has 0 radical (unpaired) electrons. The fourth-order valence-corrected chi connectivity index (χ4v) is 6.94. The molecule has 162 valence electrons. The molecule has 1 N–H and O–H groups in total. The molecule has 2 aromatic rings. The molecular weight excluding hydrogens is 396 g/mol. The summed E-state index contributed by atoms with van der Waals surface area (Å²) in [6, 6.07) is 11.3. The minimum absolute atomic E-state index is 0.279. The Hall–Kier alpha value is -1.70. The van der Waals surface area contributed by atoms with E-state index in [2.05, 4.69) is 27.4 Å².